The van der Waals surface area contributed by atoms with Gasteiger partial charge < -0.3 is 15.6 Å². The van der Waals surface area contributed by atoms with Gasteiger partial charge in [-0.15, -0.1) is 0 Å². The van der Waals surface area contributed by atoms with Crippen molar-refractivity contribution in [1.29, 1.82) is 0 Å². The van der Waals surface area contributed by atoms with Gasteiger partial charge in [0.1, 0.15) is 5.82 Å². The Morgan fingerprint density at radius 1 is 0.786 bits per heavy atom. The van der Waals surface area contributed by atoms with Gasteiger partial charge in [-0.25, -0.2) is 4.98 Å². The zero-order chi connectivity index (χ0) is 27.4. The highest BCUT2D eigenvalue weighted by molar-refractivity contribution is 5.98. The van der Waals surface area contributed by atoms with Gasteiger partial charge in [-0.2, -0.15) is 0 Å². The van der Waals surface area contributed by atoms with Gasteiger partial charge in [-0.3, -0.25) is 4.99 Å². The van der Waals surface area contributed by atoms with Crippen molar-refractivity contribution in [1.82, 2.24) is 20.6 Å². The topological polar surface area (TPSA) is 65.1 Å². The van der Waals surface area contributed by atoms with Gasteiger partial charge in [0.25, 0.3) is 0 Å². The number of hydrogen-bond donors (Lipinski definition) is 3. The molecule has 4 heterocycles. The smallest absolute Gasteiger partial charge is 0.123 e. The summed E-state index contributed by atoms with van der Waals surface area (Å²) < 4.78 is 0. The van der Waals surface area contributed by atoms with Gasteiger partial charge in [-0.05, 0) is 126 Å². The fraction of sp³-hybridized carbons (Fsp3) is 0.405. The van der Waals surface area contributed by atoms with Crippen LogP contribution in [0.15, 0.2) is 65.8 Å². The van der Waals surface area contributed by atoms with Gasteiger partial charge in [0.05, 0.1) is 23.6 Å². The highest BCUT2D eigenvalue weighted by atomic mass is 15.1. The number of nitrogens with zero attached hydrogens (tertiary/aromatic N) is 2. The summed E-state index contributed by atoms with van der Waals surface area (Å²) in [7, 11) is 0. The summed E-state index contributed by atoms with van der Waals surface area (Å²) in [5.41, 5.74) is 15.0. The lowest BCUT2D eigenvalue weighted by Crippen LogP contribution is -2.30. The van der Waals surface area contributed by atoms with Crippen molar-refractivity contribution in [2.24, 2.45) is 16.8 Å². The van der Waals surface area contributed by atoms with E-state index in [1.807, 2.05) is 6.20 Å². The van der Waals surface area contributed by atoms with Crippen LogP contribution in [-0.2, 0) is 12.8 Å². The molecule has 2 saturated carbocycles. The number of hydrogen-bond acceptors (Lipinski definition) is 4. The van der Waals surface area contributed by atoms with Crippen molar-refractivity contribution < 1.29 is 0 Å². The summed E-state index contributed by atoms with van der Waals surface area (Å²) in [5.74, 6) is 3.49. The van der Waals surface area contributed by atoms with Gasteiger partial charge in [0.2, 0.25) is 0 Å². The van der Waals surface area contributed by atoms with E-state index >= 15 is 0 Å². The lowest BCUT2D eigenvalue weighted by atomic mass is 9.73. The van der Waals surface area contributed by atoms with Crippen LogP contribution in [0.2, 0.25) is 0 Å². The molecule has 1 aromatic heterocycles. The van der Waals surface area contributed by atoms with Gasteiger partial charge in [-0.1, -0.05) is 42.5 Å². The van der Waals surface area contributed by atoms with Gasteiger partial charge >= 0.3 is 0 Å². The third kappa shape index (κ3) is 3.69. The Balaban J connectivity index is 0.955. The zero-order valence-electron chi connectivity index (χ0n) is 24.0. The van der Waals surface area contributed by atoms with Crippen LogP contribution < -0.4 is 10.6 Å². The normalized spacial score (nSPS) is 30.0. The Morgan fingerprint density at radius 2 is 1.67 bits per heavy atom. The molecule has 2 saturated heterocycles. The molecule has 0 spiro atoms. The molecule has 3 aromatic carbocycles. The minimum absolute atomic E-state index is 0.392. The van der Waals surface area contributed by atoms with Crippen molar-refractivity contribution >= 4 is 11.4 Å². The van der Waals surface area contributed by atoms with Crippen LogP contribution in [0.25, 0.3) is 33.5 Å². The molecule has 4 fully saturated rings. The quantitative estimate of drug-likeness (QED) is 0.245. The predicted molar refractivity (Wildman–Crippen MR) is 168 cm³/mol. The highest BCUT2D eigenvalue weighted by Gasteiger charge is 2.47. The average molecular weight is 552 g/mol. The van der Waals surface area contributed by atoms with Gasteiger partial charge in [0.15, 0.2) is 0 Å². The summed E-state index contributed by atoms with van der Waals surface area (Å²) in [5, 5.41) is 7.36. The van der Waals surface area contributed by atoms with E-state index in [0.717, 1.165) is 42.4 Å². The SMILES string of the molecule is c1cc(-c2ccc(-c3ccc4c(c3)CC([C@@H]3CCCN3)=N4)c3c2C2CCC2C3)ccc1-c1cnc([C@@H]2CC3CC3N2)[nH]1. The second kappa shape index (κ2) is 8.98. The molecule has 6 aliphatic rings. The number of benzene rings is 3. The first-order valence-corrected chi connectivity index (χ1v) is 16.3. The van der Waals surface area contributed by atoms with E-state index in [2.05, 4.69) is 70.2 Å². The second-order valence-corrected chi connectivity index (χ2v) is 13.8. The molecule has 3 N–H and O–H groups in total. The molecule has 42 heavy (non-hydrogen) atoms. The first-order chi connectivity index (χ1) is 20.7. The number of aromatic nitrogens is 2. The van der Waals surface area contributed by atoms with E-state index in [1.54, 1.807) is 11.1 Å². The molecular weight excluding hydrogens is 514 g/mol. The van der Waals surface area contributed by atoms with Crippen LogP contribution in [0, 0.1) is 11.8 Å². The number of piperidine rings is 1. The van der Waals surface area contributed by atoms with Crippen LogP contribution >= 0.6 is 0 Å². The average Bonchev–Trinajstić information content (AvgIpc) is 3.65. The standard InChI is InChI=1S/C37H37N5/c1-2-31(38-13-1)33-17-24-14-22(8-12-30(24)40-33)26-10-11-27(36-28-9-7-23(28)15-29(26)36)20-3-5-21(6-4-20)35-19-39-37(42-35)34-18-25-16-32(25)41-34/h3-6,8,10-12,14,19,23,25,28,31-32,34,38,41H,1-2,7,9,13,15-18H2,(H,39,42)/t23?,25?,28?,31-,32?,34-/m0/s1. The van der Waals surface area contributed by atoms with Crippen molar-refractivity contribution in [2.75, 3.05) is 6.54 Å². The number of nitrogens with one attached hydrogen (secondary N) is 3. The first kappa shape index (κ1) is 24.0. The van der Waals surface area contributed by atoms with E-state index in [1.165, 1.54) is 89.7 Å². The van der Waals surface area contributed by atoms with E-state index < -0.39 is 0 Å². The van der Waals surface area contributed by atoms with E-state index in [9.17, 15) is 0 Å². The largest absolute Gasteiger partial charge is 0.341 e. The van der Waals surface area contributed by atoms with Crippen molar-refractivity contribution in [3.8, 4) is 33.5 Å². The van der Waals surface area contributed by atoms with Crippen LogP contribution in [-0.4, -0.2) is 34.3 Å². The monoisotopic (exact) mass is 551 g/mol. The summed E-state index contributed by atoms with van der Waals surface area (Å²) in [4.78, 5) is 13.4. The Hall–Kier alpha value is -3.54. The number of imidazole rings is 1. The van der Waals surface area contributed by atoms with Crippen LogP contribution in [0.5, 0.6) is 0 Å². The van der Waals surface area contributed by atoms with Crippen LogP contribution in [0.3, 0.4) is 0 Å². The fourth-order valence-corrected chi connectivity index (χ4v) is 8.87. The van der Waals surface area contributed by atoms with Crippen LogP contribution in [0.1, 0.15) is 73.0 Å². The molecule has 3 aliphatic carbocycles. The Kier molecular flexibility index (Phi) is 5.12. The number of rotatable bonds is 5. The predicted octanol–water partition coefficient (Wildman–Crippen LogP) is 7.26. The second-order valence-electron chi connectivity index (χ2n) is 13.8. The fourth-order valence-electron chi connectivity index (χ4n) is 8.87. The maximum absolute atomic E-state index is 5.03. The molecule has 0 amide bonds. The van der Waals surface area contributed by atoms with Crippen molar-refractivity contribution in [3.05, 3.63) is 83.3 Å². The Morgan fingerprint density at radius 3 is 2.48 bits per heavy atom. The highest BCUT2D eigenvalue weighted by Crippen LogP contribution is 2.56. The molecule has 10 rings (SSSR count). The molecule has 3 aliphatic heterocycles. The molecule has 4 aromatic rings. The number of H-pyrrole nitrogens is 1. The first-order valence-electron chi connectivity index (χ1n) is 16.3. The molecule has 0 radical (unpaired) electrons. The Labute approximate surface area is 247 Å². The van der Waals surface area contributed by atoms with E-state index in [0.29, 0.717) is 18.0 Å². The van der Waals surface area contributed by atoms with Gasteiger partial charge in [0, 0.05) is 24.2 Å². The maximum Gasteiger partial charge on any atom is 0.123 e. The minimum Gasteiger partial charge on any atom is -0.341 e. The molecule has 5 nitrogen and oxygen atoms in total. The molecule has 0 bridgehead atoms. The van der Waals surface area contributed by atoms with Crippen LogP contribution in [0.4, 0.5) is 5.69 Å². The molecule has 210 valence electrons. The summed E-state index contributed by atoms with van der Waals surface area (Å²) in [6.07, 6.45) is 12.0. The maximum atomic E-state index is 5.03. The summed E-state index contributed by atoms with van der Waals surface area (Å²) >= 11 is 0. The third-order valence-electron chi connectivity index (χ3n) is 11.4. The number of aliphatic imine (C=N–C) groups is 1. The number of fused-ring (bicyclic) bond motifs is 5. The van der Waals surface area contributed by atoms with Crippen molar-refractivity contribution in [2.45, 2.75) is 75.4 Å². The lowest BCUT2D eigenvalue weighted by molar-refractivity contribution is 0.281. The zero-order valence-corrected chi connectivity index (χ0v) is 24.0. The van der Waals surface area contributed by atoms with E-state index in [-0.39, 0.29) is 0 Å². The molecular formula is C37H37N5. The van der Waals surface area contributed by atoms with Crippen molar-refractivity contribution in [3.63, 3.8) is 0 Å². The number of aromatic amines is 1. The summed E-state index contributed by atoms with van der Waals surface area (Å²) in [6, 6.07) is 22.6. The third-order valence-corrected chi connectivity index (χ3v) is 11.4. The molecule has 4 unspecified atom stereocenters. The minimum atomic E-state index is 0.392. The van der Waals surface area contributed by atoms with E-state index in [4.69, 9.17) is 9.98 Å². The molecule has 5 heteroatoms. The lowest BCUT2D eigenvalue weighted by Gasteiger charge is -2.31. The molecule has 6 atom stereocenters. The Bertz CT molecular complexity index is 1750. The summed E-state index contributed by atoms with van der Waals surface area (Å²) in [6.45, 7) is 1.12.